The van der Waals surface area contributed by atoms with Gasteiger partial charge in [0.25, 0.3) is 0 Å². The molecule has 0 atom stereocenters. The maximum absolute atomic E-state index is 9.44. The molecule has 0 N–H and O–H groups in total. The third-order valence-electron chi connectivity index (χ3n) is 4.17. The Morgan fingerprint density at radius 2 is 1.72 bits per heavy atom. The summed E-state index contributed by atoms with van der Waals surface area (Å²) in [4.78, 5) is 0. The number of methoxy groups -OCH3 is 1. The summed E-state index contributed by atoms with van der Waals surface area (Å²) in [5.41, 5.74) is 0.343. The molecule has 0 aromatic rings. The second kappa shape index (κ2) is 7.11. The Labute approximate surface area is 111 Å². The predicted molar refractivity (Wildman–Crippen MR) is 72.2 cm³/mol. The van der Waals surface area contributed by atoms with Crippen LogP contribution in [0.2, 0.25) is 0 Å². The van der Waals surface area contributed by atoms with E-state index in [1.54, 1.807) is 7.11 Å². The van der Waals surface area contributed by atoms with Gasteiger partial charge in [-0.1, -0.05) is 13.8 Å². The van der Waals surface area contributed by atoms with E-state index in [4.69, 9.17) is 9.47 Å². The van der Waals surface area contributed by atoms with E-state index in [9.17, 15) is 5.26 Å². The van der Waals surface area contributed by atoms with Gasteiger partial charge in [0.1, 0.15) is 0 Å². The maximum Gasteiger partial charge on any atom is 0.0700 e. The first-order valence-corrected chi connectivity index (χ1v) is 7.02. The molecule has 1 fully saturated rings. The van der Waals surface area contributed by atoms with Crippen LogP contribution in [0.5, 0.6) is 0 Å². The quantitative estimate of drug-likeness (QED) is 0.652. The van der Waals surface area contributed by atoms with Crippen LogP contribution in [-0.4, -0.2) is 26.9 Å². The van der Waals surface area contributed by atoms with Crippen molar-refractivity contribution in [2.45, 2.75) is 52.4 Å². The van der Waals surface area contributed by atoms with Crippen molar-refractivity contribution < 1.29 is 9.47 Å². The molecule has 3 nitrogen and oxygen atoms in total. The second-order valence-electron chi connectivity index (χ2n) is 6.27. The molecule has 0 radical (unpaired) electrons. The molecule has 3 heteroatoms. The lowest BCUT2D eigenvalue weighted by Crippen LogP contribution is -2.30. The molecule has 0 amide bonds. The fraction of sp³-hybridized carbons (Fsp3) is 0.933. The summed E-state index contributed by atoms with van der Waals surface area (Å²) in [6, 6.07) is 2.58. The highest BCUT2D eigenvalue weighted by Gasteiger charge is 2.37. The Kier molecular flexibility index (Phi) is 6.11. The molecule has 1 rings (SSSR count). The van der Waals surface area contributed by atoms with E-state index in [0.717, 1.165) is 32.3 Å². The van der Waals surface area contributed by atoms with Gasteiger partial charge < -0.3 is 9.47 Å². The van der Waals surface area contributed by atoms with Crippen molar-refractivity contribution in [3.05, 3.63) is 0 Å². The molecule has 0 unspecified atom stereocenters. The summed E-state index contributed by atoms with van der Waals surface area (Å²) in [6.45, 7) is 6.67. The van der Waals surface area contributed by atoms with E-state index in [1.807, 2.05) is 0 Å². The number of rotatable bonds is 7. The topological polar surface area (TPSA) is 42.2 Å². The first-order chi connectivity index (χ1) is 8.54. The molecule has 104 valence electrons. The van der Waals surface area contributed by atoms with Gasteiger partial charge in [0.05, 0.1) is 24.7 Å². The van der Waals surface area contributed by atoms with E-state index < -0.39 is 0 Å². The molecule has 1 aliphatic rings. The van der Waals surface area contributed by atoms with Crippen LogP contribution in [0, 0.1) is 22.2 Å². The molecule has 0 aromatic carbocycles. The maximum atomic E-state index is 9.44. The standard InChI is InChI=1S/C15H27NO2/c1-14(2)6-8-15(13-16,9-7-14)5-4-10-18-12-11-17-3/h4-12H2,1-3H3. The zero-order valence-electron chi connectivity index (χ0n) is 12.1. The Balaban J connectivity index is 2.24. The number of nitrogens with zero attached hydrogens (tertiary/aromatic N) is 1. The molecular weight excluding hydrogens is 226 g/mol. The van der Waals surface area contributed by atoms with Gasteiger partial charge in [-0.25, -0.2) is 0 Å². The highest BCUT2D eigenvalue weighted by Crippen LogP contribution is 2.46. The molecule has 1 aliphatic carbocycles. The van der Waals surface area contributed by atoms with Crippen LogP contribution in [0.4, 0.5) is 0 Å². The lowest BCUT2D eigenvalue weighted by atomic mass is 9.64. The molecule has 0 aromatic heterocycles. The third-order valence-corrected chi connectivity index (χ3v) is 4.17. The van der Waals surface area contributed by atoms with Crippen molar-refractivity contribution in [3.63, 3.8) is 0 Å². The summed E-state index contributed by atoms with van der Waals surface area (Å²) < 4.78 is 10.4. The minimum atomic E-state index is -0.0832. The first kappa shape index (κ1) is 15.5. The van der Waals surface area contributed by atoms with E-state index in [-0.39, 0.29) is 5.41 Å². The van der Waals surface area contributed by atoms with Crippen molar-refractivity contribution in [2.75, 3.05) is 26.9 Å². The number of nitriles is 1. The predicted octanol–water partition coefficient (Wildman–Crippen LogP) is 3.54. The van der Waals surface area contributed by atoms with Crippen molar-refractivity contribution in [3.8, 4) is 6.07 Å². The molecule has 0 spiro atoms. The van der Waals surface area contributed by atoms with Crippen LogP contribution in [0.25, 0.3) is 0 Å². The second-order valence-corrected chi connectivity index (χ2v) is 6.27. The fourth-order valence-electron chi connectivity index (χ4n) is 2.58. The average Bonchev–Trinajstić information content (AvgIpc) is 2.36. The SMILES string of the molecule is COCCOCCCC1(C#N)CCC(C)(C)CC1. The van der Waals surface area contributed by atoms with Crippen molar-refractivity contribution in [1.29, 1.82) is 5.26 Å². The zero-order chi connectivity index (χ0) is 13.5. The summed E-state index contributed by atoms with van der Waals surface area (Å²) >= 11 is 0. The normalized spacial score (nSPS) is 21.4. The lowest BCUT2D eigenvalue weighted by Gasteiger charge is -2.39. The van der Waals surface area contributed by atoms with Crippen LogP contribution >= 0.6 is 0 Å². The number of ether oxygens (including phenoxy) is 2. The summed E-state index contributed by atoms with van der Waals surface area (Å²) in [7, 11) is 1.68. The summed E-state index contributed by atoms with van der Waals surface area (Å²) in [5.74, 6) is 0. The van der Waals surface area contributed by atoms with Crippen molar-refractivity contribution in [1.82, 2.24) is 0 Å². The number of hydrogen-bond acceptors (Lipinski definition) is 3. The molecule has 18 heavy (non-hydrogen) atoms. The minimum absolute atomic E-state index is 0.0832. The van der Waals surface area contributed by atoms with Gasteiger partial charge in [0.2, 0.25) is 0 Å². The van der Waals surface area contributed by atoms with Crippen LogP contribution in [0.3, 0.4) is 0 Å². The van der Waals surface area contributed by atoms with Gasteiger partial charge in [-0.3, -0.25) is 0 Å². The van der Waals surface area contributed by atoms with Gasteiger partial charge in [-0.05, 0) is 43.9 Å². The third kappa shape index (κ3) is 4.96. The Morgan fingerprint density at radius 3 is 2.28 bits per heavy atom. The largest absolute Gasteiger partial charge is 0.382 e. The fourth-order valence-corrected chi connectivity index (χ4v) is 2.58. The Morgan fingerprint density at radius 1 is 1.06 bits per heavy atom. The summed E-state index contributed by atoms with van der Waals surface area (Å²) in [6.07, 6.45) is 6.41. The molecular formula is C15H27NO2. The van der Waals surface area contributed by atoms with Gasteiger partial charge >= 0.3 is 0 Å². The smallest absolute Gasteiger partial charge is 0.0700 e. The average molecular weight is 253 g/mol. The number of hydrogen-bond donors (Lipinski definition) is 0. The molecule has 0 bridgehead atoms. The van der Waals surface area contributed by atoms with E-state index in [0.29, 0.717) is 18.6 Å². The lowest BCUT2D eigenvalue weighted by molar-refractivity contribution is 0.0604. The monoisotopic (exact) mass is 253 g/mol. The Bertz CT molecular complexity index is 271. The molecule has 0 aliphatic heterocycles. The zero-order valence-corrected chi connectivity index (χ0v) is 12.1. The van der Waals surface area contributed by atoms with E-state index in [2.05, 4.69) is 19.9 Å². The van der Waals surface area contributed by atoms with Crippen LogP contribution < -0.4 is 0 Å². The van der Waals surface area contributed by atoms with Gasteiger partial charge in [-0.2, -0.15) is 5.26 Å². The van der Waals surface area contributed by atoms with Crippen molar-refractivity contribution in [2.24, 2.45) is 10.8 Å². The van der Waals surface area contributed by atoms with Crippen LogP contribution in [0.15, 0.2) is 0 Å². The minimum Gasteiger partial charge on any atom is -0.382 e. The van der Waals surface area contributed by atoms with Crippen LogP contribution in [0.1, 0.15) is 52.4 Å². The van der Waals surface area contributed by atoms with Gasteiger partial charge in [-0.15, -0.1) is 0 Å². The molecule has 0 saturated heterocycles. The first-order valence-electron chi connectivity index (χ1n) is 7.02. The van der Waals surface area contributed by atoms with E-state index >= 15 is 0 Å². The van der Waals surface area contributed by atoms with Gasteiger partial charge in [0.15, 0.2) is 0 Å². The molecule has 0 heterocycles. The Hall–Kier alpha value is -0.590. The molecule has 1 saturated carbocycles. The van der Waals surface area contributed by atoms with E-state index in [1.165, 1.54) is 12.8 Å². The van der Waals surface area contributed by atoms with Gasteiger partial charge in [0, 0.05) is 13.7 Å². The highest BCUT2D eigenvalue weighted by molar-refractivity contribution is 5.02. The van der Waals surface area contributed by atoms with Crippen molar-refractivity contribution >= 4 is 0 Å². The summed E-state index contributed by atoms with van der Waals surface area (Å²) in [5, 5.41) is 9.44. The van der Waals surface area contributed by atoms with Crippen LogP contribution in [-0.2, 0) is 9.47 Å². The highest BCUT2D eigenvalue weighted by atomic mass is 16.5.